The van der Waals surface area contributed by atoms with Crippen LogP contribution in [0.25, 0.3) is 16.6 Å². The van der Waals surface area contributed by atoms with Crippen molar-refractivity contribution in [1.82, 2.24) is 14.9 Å². The van der Waals surface area contributed by atoms with Crippen molar-refractivity contribution < 1.29 is 28.2 Å². The maximum absolute atomic E-state index is 14.0. The fourth-order valence-corrected chi connectivity index (χ4v) is 5.78. The third-order valence-electron chi connectivity index (χ3n) is 7.95. The molecule has 4 aromatic rings. The minimum Gasteiger partial charge on any atom is -0.482 e. The number of amidine groups is 1. The van der Waals surface area contributed by atoms with Gasteiger partial charge in [0.2, 0.25) is 0 Å². The average Bonchev–Trinajstić information content (AvgIpc) is 3.46. The Morgan fingerprint density at radius 1 is 1.10 bits per heavy atom. The van der Waals surface area contributed by atoms with Crippen LogP contribution in [0.15, 0.2) is 59.9 Å². The molecule has 2 aromatic heterocycles. The van der Waals surface area contributed by atoms with Gasteiger partial charge >= 0.3 is 12.1 Å². The van der Waals surface area contributed by atoms with Gasteiger partial charge in [-0.05, 0) is 94.8 Å². The molecule has 0 aliphatic heterocycles. The number of aliphatic imine (C=N–C) groups is 1. The van der Waals surface area contributed by atoms with Gasteiger partial charge < -0.3 is 30.6 Å². The van der Waals surface area contributed by atoms with Crippen LogP contribution in [-0.4, -0.2) is 58.9 Å². The Morgan fingerprint density at radius 3 is 2.52 bits per heavy atom. The Balaban J connectivity index is 1.45. The third-order valence-corrected chi connectivity index (χ3v) is 8.27. The number of halogens is 2. The second-order valence-corrected chi connectivity index (χ2v) is 13.2. The van der Waals surface area contributed by atoms with E-state index < -0.39 is 23.5 Å². The van der Waals surface area contributed by atoms with E-state index in [0.29, 0.717) is 17.0 Å². The van der Waals surface area contributed by atoms with E-state index in [1.54, 1.807) is 16.8 Å². The van der Waals surface area contributed by atoms with Crippen molar-refractivity contribution in [2.75, 3.05) is 19.0 Å². The Hall–Kier alpha value is -4.84. The smallest absolute Gasteiger partial charge is 0.407 e. The van der Waals surface area contributed by atoms with Gasteiger partial charge in [0.1, 0.15) is 23.0 Å². The second kappa shape index (κ2) is 14.5. The van der Waals surface area contributed by atoms with Crippen LogP contribution in [0.1, 0.15) is 57.6 Å². The number of carbonyl (C=O) groups excluding carboxylic acids is 2. The SMILES string of the molecule is COC(=O)COc1ccc(-c2cc3c(NC4CCC(NC(=O)OC(C)(C)C)CC4)c(C(N)=Nc4cc(F)ccc4Cl)cnn3c2)c(C)c1. The molecular formula is C35H40ClFN6O5. The molecule has 0 atom stereocenters. The van der Waals surface area contributed by atoms with Gasteiger partial charge in [0.05, 0.1) is 40.8 Å². The van der Waals surface area contributed by atoms with Crippen LogP contribution in [0, 0.1) is 12.7 Å². The number of esters is 1. The highest BCUT2D eigenvalue weighted by atomic mass is 35.5. The highest BCUT2D eigenvalue weighted by Gasteiger charge is 2.26. The normalized spacial score (nSPS) is 16.8. The van der Waals surface area contributed by atoms with E-state index in [1.807, 2.05) is 52.1 Å². The maximum Gasteiger partial charge on any atom is 0.407 e. The number of hydrogen-bond acceptors (Lipinski definition) is 8. The van der Waals surface area contributed by atoms with Crippen LogP contribution < -0.4 is 21.1 Å². The lowest BCUT2D eigenvalue weighted by atomic mass is 9.91. The first-order valence-corrected chi connectivity index (χ1v) is 16.0. The highest BCUT2D eigenvalue weighted by molar-refractivity contribution is 6.33. The fourth-order valence-electron chi connectivity index (χ4n) is 5.62. The molecule has 254 valence electrons. The summed E-state index contributed by atoms with van der Waals surface area (Å²) in [7, 11) is 1.31. The van der Waals surface area contributed by atoms with Gasteiger partial charge in [-0.2, -0.15) is 5.10 Å². The number of ether oxygens (including phenoxy) is 3. The van der Waals surface area contributed by atoms with Crippen molar-refractivity contribution in [3.63, 3.8) is 0 Å². The molecule has 2 aromatic carbocycles. The number of carbonyl (C=O) groups is 2. The van der Waals surface area contributed by atoms with E-state index in [-0.39, 0.29) is 35.2 Å². The first kappa shape index (κ1) is 34.5. The molecule has 0 spiro atoms. The number of benzene rings is 2. The number of rotatable bonds is 9. The first-order valence-electron chi connectivity index (χ1n) is 15.7. The lowest BCUT2D eigenvalue weighted by Gasteiger charge is -2.31. The largest absolute Gasteiger partial charge is 0.482 e. The summed E-state index contributed by atoms with van der Waals surface area (Å²) in [4.78, 5) is 28.3. The lowest BCUT2D eigenvalue weighted by Crippen LogP contribution is -2.42. The first-order chi connectivity index (χ1) is 22.8. The number of nitrogens with two attached hydrogens (primary N) is 1. The standard InChI is InChI=1S/C35H40ClFN6O5/c1-20-14-25(47-19-31(44)46-5)11-12-26(20)21-15-30-32(40-23-7-9-24(10-8-23)41-34(45)48-35(2,3)4)27(17-39-43(30)18-21)33(38)42-29-16-22(37)6-13-28(29)36/h6,11-18,23-24,40H,7-10,19H2,1-5H3,(H2,38,42)(H,41,45). The molecule has 0 unspecified atom stereocenters. The number of anilines is 1. The molecular weight excluding hydrogens is 639 g/mol. The van der Waals surface area contributed by atoms with Crippen LogP contribution >= 0.6 is 11.6 Å². The molecule has 1 aliphatic carbocycles. The molecule has 0 radical (unpaired) electrons. The van der Waals surface area contributed by atoms with E-state index in [1.165, 1.54) is 25.3 Å². The zero-order valence-electron chi connectivity index (χ0n) is 27.6. The molecule has 1 aliphatic rings. The number of aryl methyl sites for hydroxylation is 1. The molecule has 2 heterocycles. The predicted molar refractivity (Wildman–Crippen MR) is 184 cm³/mol. The van der Waals surface area contributed by atoms with Crippen molar-refractivity contribution in [1.29, 1.82) is 0 Å². The van der Waals surface area contributed by atoms with Gasteiger partial charge in [-0.3, -0.25) is 0 Å². The number of hydrogen-bond donors (Lipinski definition) is 3. The molecule has 0 saturated heterocycles. The summed E-state index contributed by atoms with van der Waals surface area (Å²) in [5, 5.41) is 11.6. The van der Waals surface area contributed by atoms with Crippen LogP contribution in [-0.2, 0) is 14.3 Å². The minimum absolute atomic E-state index is 0.000900. The summed E-state index contributed by atoms with van der Waals surface area (Å²) in [5.41, 5.74) is 11.0. The van der Waals surface area contributed by atoms with Gasteiger partial charge in [-0.15, -0.1) is 0 Å². The highest BCUT2D eigenvalue weighted by Crippen LogP contribution is 2.34. The van der Waals surface area contributed by atoms with Gasteiger partial charge in [0.15, 0.2) is 6.61 Å². The molecule has 5 rings (SSSR count). The topological polar surface area (TPSA) is 142 Å². The third kappa shape index (κ3) is 8.54. The van der Waals surface area contributed by atoms with Gasteiger partial charge in [-0.1, -0.05) is 17.7 Å². The number of methoxy groups -OCH3 is 1. The van der Waals surface area contributed by atoms with E-state index in [9.17, 15) is 14.0 Å². The van der Waals surface area contributed by atoms with E-state index in [4.69, 9.17) is 26.8 Å². The minimum atomic E-state index is -0.571. The molecule has 1 fully saturated rings. The molecule has 4 N–H and O–H groups in total. The van der Waals surface area contributed by atoms with Crippen molar-refractivity contribution in [3.8, 4) is 16.9 Å². The van der Waals surface area contributed by atoms with Crippen LogP contribution in [0.2, 0.25) is 5.02 Å². The van der Waals surface area contributed by atoms with Gasteiger partial charge in [-0.25, -0.2) is 23.5 Å². The Kier molecular flexibility index (Phi) is 10.4. The molecule has 1 amide bonds. The predicted octanol–water partition coefficient (Wildman–Crippen LogP) is 6.94. The Labute approximate surface area is 283 Å². The van der Waals surface area contributed by atoms with Crippen LogP contribution in [0.4, 0.5) is 20.6 Å². The van der Waals surface area contributed by atoms with Gasteiger partial charge in [0, 0.05) is 29.9 Å². The summed E-state index contributed by atoms with van der Waals surface area (Å²) in [6, 6.07) is 11.6. The van der Waals surface area contributed by atoms with Crippen LogP contribution in [0.5, 0.6) is 5.75 Å². The van der Waals surface area contributed by atoms with E-state index >= 15 is 0 Å². The van der Waals surface area contributed by atoms with Crippen molar-refractivity contribution in [3.05, 3.63) is 76.8 Å². The molecule has 0 bridgehead atoms. The summed E-state index contributed by atoms with van der Waals surface area (Å²) in [5.74, 6) is -0.285. The summed E-state index contributed by atoms with van der Waals surface area (Å²) >= 11 is 6.31. The van der Waals surface area contributed by atoms with E-state index in [0.717, 1.165) is 47.9 Å². The summed E-state index contributed by atoms with van der Waals surface area (Å²) in [6.07, 6.45) is 6.19. The number of nitrogens with zero attached hydrogens (tertiary/aromatic N) is 3. The average molecular weight is 679 g/mol. The van der Waals surface area contributed by atoms with Crippen molar-refractivity contribution >= 4 is 46.4 Å². The molecule has 11 nitrogen and oxygen atoms in total. The molecule has 1 saturated carbocycles. The number of alkyl carbamates (subject to hydrolysis) is 1. The number of fused-ring (bicyclic) bond motifs is 1. The van der Waals surface area contributed by atoms with Crippen molar-refractivity contribution in [2.24, 2.45) is 10.7 Å². The van der Waals surface area contributed by atoms with Crippen LogP contribution in [0.3, 0.4) is 0 Å². The second-order valence-electron chi connectivity index (χ2n) is 12.8. The number of nitrogens with one attached hydrogen (secondary N) is 2. The summed E-state index contributed by atoms with van der Waals surface area (Å²) in [6.45, 7) is 7.28. The zero-order valence-corrected chi connectivity index (χ0v) is 28.4. The molecule has 48 heavy (non-hydrogen) atoms. The Bertz CT molecular complexity index is 1850. The fraction of sp³-hybridized carbons (Fsp3) is 0.371. The number of amides is 1. The monoisotopic (exact) mass is 678 g/mol. The van der Waals surface area contributed by atoms with E-state index in [2.05, 4.69) is 25.5 Å². The molecule has 13 heteroatoms. The lowest BCUT2D eigenvalue weighted by molar-refractivity contribution is -0.142. The Morgan fingerprint density at radius 2 is 1.83 bits per heavy atom. The zero-order chi connectivity index (χ0) is 34.6. The quantitative estimate of drug-likeness (QED) is 0.0982. The summed E-state index contributed by atoms with van der Waals surface area (Å²) < 4.78 is 31.5. The maximum atomic E-state index is 14.0. The van der Waals surface area contributed by atoms with Crippen molar-refractivity contribution in [2.45, 2.75) is 71.1 Å². The van der Waals surface area contributed by atoms with Gasteiger partial charge in [0.25, 0.3) is 0 Å². The number of aromatic nitrogens is 2.